The van der Waals surface area contributed by atoms with Gasteiger partial charge in [-0.1, -0.05) is 12.0 Å². The van der Waals surface area contributed by atoms with Crippen LogP contribution in [0, 0.1) is 5.92 Å². The molecule has 0 aromatic heterocycles. The first-order valence-corrected chi connectivity index (χ1v) is 5.05. The molecule has 86 valence electrons. The van der Waals surface area contributed by atoms with Gasteiger partial charge in [-0.3, -0.25) is 0 Å². The van der Waals surface area contributed by atoms with Gasteiger partial charge in [-0.25, -0.2) is 8.78 Å². The van der Waals surface area contributed by atoms with E-state index in [-0.39, 0.29) is 29.7 Å². The predicted octanol–water partition coefficient (Wildman–Crippen LogP) is -1.79. The van der Waals surface area contributed by atoms with Crippen LogP contribution in [0.5, 0.6) is 0 Å². The van der Waals surface area contributed by atoms with Gasteiger partial charge in [-0.15, -0.1) is 0 Å². The summed E-state index contributed by atoms with van der Waals surface area (Å²) in [6.07, 6.45) is 0.476. The smallest absolute Gasteiger partial charge is 0.286 e. The van der Waals surface area contributed by atoms with Crippen molar-refractivity contribution in [2.24, 2.45) is 11.0 Å². The van der Waals surface area contributed by atoms with E-state index in [4.69, 9.17) is 0 Å². The Balaban J connectivity index is 0.00000112. The minimum absolute atomic E-state index is 0. The van der Waals surface area contributed by atoms with Gasteiger partial charge >= 0.3 is 0 Å². The molecule has 1 aliphatic heterocycles. The zero-order chi connectivity index (χ0) is 10.3. The first-order chi connectivity index (χ1) is 6.61. The quantitative estimate of drug-likeness (QED) is 0.548. The number of hydrogen-bond acceptors (Lipinski definition) is 1. The Morgan fingerprint density at radius 2 is 2.13 bits per heavy atom. The third-order valence-corrected chi connectivity index (χ3v) is 3.08. The molecule has 2 nitrogen and oxygen atoms in total. The van der Waals surface area contributed by atoms with Crippen LogP contribution in [0.15, 0.2) is 16.4 Å². The fraction of sp³-hybridized carbons (Fsp3) is 0.700. The third kappa shape index (κ3) is 2.22. The SMILES string of the molecule is CC1CCCC2=C1[NH+](C)N=C2C(F)F.[I-]. The monoisotopic (exact) mass is 328 g/mol. The number of hydrogen-bond donors (Lipinski definition) is 1. The zero-order valence-electron chi connectivity index (χ0n) is 8.86. The number of quaternary nitrogens is 1. The predicted molar refractivity (Wildman–Crippen MR) is 50.4 cm³/mol. The Labute approximate surface area is 105 Å². The molecule has 2 atom stereocenters. The third-order valence-electron chi connectivity index (χ3n) is 3.08. The summed E-state index contributed by atoms with van der Waals surface area (Å²) in [5, 5.41) is 4.80. The molecule has 0 fully saturated rings. The molecule has 2 aliphatic rings. The summed E-state index contributed by atoms with van der Waals surface area (Å²) in [6.45, 7) is 2.10. The van der Waals surface area contributed by atoms with Crippen LogP contribution in [0.4, 0.5) is 8.78 Å². The van der Waals surface area contributed by atoms with Gasteiger partial charge in [0.05, 0.1) is 7.05 Å². The maximum atomic E-state index is 12.6. The van der Waals surface area contributed by atoms with E-state index >= 15 is 0 Å². The highest BCUT2D eigenvalue weighted by molar-refractivity contribution is 6.03. The Kier molecular flexibility index (Phi) is 4.22. The van der Waals surface area contributed by atoms with Gasteiger partial charge in [-0.05, 0) is 19.3 Å². The molecule has 0 radical (unpaired) electrons. The fourth-order valence-electron chi connectivity index (χ4n) is 2.49. The van der Waals surface area contributed by atoms with Crippen LogP contribution in [0.25, 0.3) is 0 Å². The first kappa shape index (κ1) is 13.0. The second kappa shape index (κ2) is 4.86. The first-order valence-electron chi connectivity index (χ1n) is 5.05. The molecule has 0 aromatic carbocycles. The van der Waals surface area contributed by atoms with E-state index in [0.717, 1.165) is 35.5 Å². The summed E-state index contributed by atoms with van der Waals surface area (Å²) in [6, 6.07) is 0. The molecule has 5 heteroatoms. The number of nitrogens with zero attached hydrogens (tertiary/aromatic N) is 1. The second-order valence-corrected chi connectivity index (χ2v) is 4.07. The zero-order valence-corrected chi connectivity index (χ0v) is 11.0. The fourth-order valence-corrected chi connectivity index (χ4v) is 2.49. The molecule has 2 unspecified atom stereocenters. The number of rotatable bonds is 1. The van der Waals surface area contributed by atoms with E-state index in [0.29, 0.717) is 5.92 Å². The lowest BCUT2D eigenvalue weighted by Gasteiger charge is -2.20. The molecule has 0 saturated heterocycles. The summed E-state index contributed by atoms with van der Waals surface area (Å²) in [7, 11) is 1.84. The summed E-state index contributed by atoms with van der Waals surface area (Å²) < 4.78 is 25.3. The van der Waals surface area contributed by atoms with Crippen LogP contribution in [-0.4, -0.2) is 19.2 Å². The molecule has 0 spiro atoms. The lowest BCUT2D eigenvalue weighted by molar-refractivity contribution is -0.848. The van der Waals surface area contributed by atoms with Crippen molar-refractivity contribution < 1.29 is 37.8 Å². The molecule has 1 heterocycles. The standard InChI is InChI=1S/C10H14F2N2.HI/c1-6-4-3-5-7-8(10(11)12)13-14(2)9(6)7;/h6,10H,3-5H2,1-2H3;1H. The second-order valence-electron chi connectivity index (χ2n) is 4.07. The van der Waals surface area contributed by atoms with Gasteiger partial charge < -0.3 is 24.0 Å². The van der Waals surface area contributed by atoms with E-state index in [2.05, 4.69) is 12.0 Å². The molecule has 2 rings (SSSR count). The van der Waals surface area contributed by atoms with E-state index in [1.807, 2.05) is 7.05 Å². The molecule has 1 N–H and O–H groups in total. The van der Waals surface area contributed by atoms with Crippen molar-refractivity contribution in [1.29, 1.82) is 0 Å². The van der Waals surface area contributed by atoms with Crippen LogP contribution in [0.1, 0.15) is 26.2 Å². The molecule has 1 aliphatic carbocycles. The lowest BCUT2D eigenvalue weighted by atomic mass is 9.87. The van der Waals surface area contributed by atoms with Crippen molar-refractivity contribution in [2.45, 2.75) is 32.6 Å². The van der Waals surface area contributed by atoms with Gasteiger partial charge in [0.25, 0.3) is 6.43 Å². The van der Waals surface area contributed by atoms with Gasteiger partial charge in [0, 0.05) is 11.5 Å². The van der Waals surface area contributed by atoms with Crippen molar-refractivity contribution in [1.82, 2.24) is 0 Å². The van der Waals surface area contributed by atoms with E-state index < -0.39 is 6.43 Å². The lowest BCUT2D eigenvalue weighted by Crippen LogP contribution is -3.02. The van der Waals surface area contributed by atoms with E-state index in [1.165, 1.54) is 0 Å². The van der Waals surface area contributed by atoms with Crippen LogP contribution in [-0.2, 0) is 0 Å². The van der Waals surface area contributed by atoms with Gasteiger partial charge in [0.15, 0.2) is 5.71 Å². The van der Waals surface area contributed by atoms with Crippen molar-refractivity contribution in [3.05, 3.63) is 11.3 Å². The van der Waals surface area contributed by atoms with Crippen molar-refractivity contribution >= 4 is 5.71 Å². The maximum Gasteiger partial charge on any atom is 0.286 e. The largest absolute Gasteiger partial charge is 1.00 e. The van der Waals surface area contributed by atoms with Crippen molar-refractivity contribution in [3.63, 3.8) is 0 Å². The molecule has 0 bridgehead atoms. The highest BCUT2D eigenvalue weighted by atomic mass is 127. The normalized spacial score (nSPS) is 30.1. The van der Waals surface area contributed by atoms with E-state index in [9.17, 15) is 8.78 Å². The summed E-state index contributed by atoms with van der Waals surface area (Å²) in [5.74, 6) is 0.402. The summed E-state index contributed by atoms with van der Waals surface area (Å²) >= 11 is 0. The molecular formula is C10H15F2IN2. The average Bonchev–Trinajstić information content (AvgIpc) is 2.45. The highest BCUT2D eigenvalue weighted by Crippen LogP contribution is 2.30. The Bertz CT molecular complexity index is 313. The van der Waals surface area contributed by atoms with Crippen LogP contribution >= 0.6 is 0 Å². The van der Waals surface area contributed by atoms with Crippen LogP contribution in [0.3, 0.4) is 0 Å². The molecule has 0 amide bonds. The Morgan fingerprint density at radius 1 is 1.47 bits per heavy atom. The number of halogens is 3. The molecular weight excluding hydrogens is 313 g/mol. The summed E-state index contributed by atoms with van der Waals surface area (Å²) in [4.78, 5) is 0. The molecule has 0 saturated carbocycles. The topological polar surface area (TPSA) is 16.8 Å². The van der Waals surface area contributed by atoms with Gasteiger partial charge in [0.2, 0.25) is 0 Å². The molecule has 15 heavy (non-hydrogen) atoms. The van der Waals surface area contributed by atoms with E-state index in [1.54, 1.807) is 0 Å². The Hall–Kier alpha value is -0.0400. The number of allylic oxidation sites excluding steroid dienone is 2. The average molecular weight is 328 g/mol. The number of nitrogens with one attached hydrogen (secondary N) is 1. The van der Waals surface area contributed by atoms with Crippen molar-refractivity contribution in [3.8, 4) is 0 Å². The van der Waals surface area contributed by atoms with Crippen LogP contribution in [0.2, 0.25) is 0 Å². The van der Waals surface area contributed by atoms with Crippen molar-refractivity contribution in [2.75, 3.05) is 7.05 Å². The minimum Gasteiger partial charge on any atom is -1.00 e. The van der Waals surface area contributed by atoms with Gasteiger partial charge in [-0.2, -0.15) is 5.01 Å². The molecule has 0 aromatic rings. The van der Waals surface area contributed by atoms with Gasteiger partial charge in [0.1, 0.15) is 5.70 Å². The maximum absolute atomic E-state index is 12.6. The van der Waals surface area contributed by atoms with Crippen LogP contribution < -0.4 is 29.0 Å². The summed E-state index contributed by atoms with van der Waals surface area (Å²) in [5.41, 5.74) is 1.95. The highest BCUT2D eigenvalue weighted by Gasteiger charge is 2.38. The number of alkyl halides is 2. The minimum atomic E-state index is -2.41. The Morgan fingerprint density at radius 3 is 2.73 bits per heavy atom.